The third kappa shape index (κ3) is 2.40. The number of imidazole rings is 1. The Morgan fingerprint density at radius 1 is 1.29 bits per heavy atom. The molecular weight excluding hydrogens is 268 g/mol. The SMILES string of the molecule is CCCn1cncc1Cn1ccc2c([N+](=O)[O-])cccc21. The van der Waals surface area contributed by atoms with E-state index in [4.69, 9.17) is 0 Å². The summed E-state index contributed by atoms with van der Waals surface area (Å²) in [5.74, 6) is 0. The van der Waals surface area contributed by atoms with Crippen LogP contribution in [-0.4, -0.2) is 19.0 Å². The first kappa shape index (κ1) is 13.4. The summed E-state index contributed by atoms with van der Waals surface area (Å²) in [5.41, 5.74) is 2.11. The highest BCUT2D eigenvalue weighted by molar-refractivity contribution is 5.89. The molecule has 0 aliphatic heterocycles. The Kier molecular flexibility index (Phi) is 3.43. The molecule has 21 heavy (non-hydrogen) atoms. The standard InChI is InChI=1S/C15H16N4O2/c1-2-7-18-11-16-9-12(18)10-17-8-6-13-14(17)4-3-5-15(13)19(20)21/h3-6,8-9,11H,2,7,10H2,1H3. The lowest BCUT2D eigenvalue weighted by Gasteiger charge is -2.09. The minimum Gasteiger partial charge on any atom is -0.341 e. The molecule has 0 unspecified atom stereocenters. The molecule has 2 aromatic heterocycles. The van der Waals surface area contributed by atoms with Crippen LogP contribution in [0.15, 0.2) is 43.0 Å². The number of aryl methyl sites for hydroxylation is 1. The fourth-order valence-corrected chi connectivity index (χ4v) is 2.60. The van der Waals surface area contributed by atoms with Gasteiger partial charge in [0.05, 0.1) is 34.4 Å². The van der Waals surface area contributed by atoms with E-state index >= 15 is 0 Å². The van der Waals surface area contributed by atoms with Gasteiger partial charge in [-0.25, -0.2) is 4.98 Å². The number of nitro benzene ring substituents is 1. The molecule has 0 bridgehead atoms. The Morgan fingerprint density at radius 3 is 2.90 bits per heavy atom. The lowest BCUT2D eigenvalue weighted by molar-refractivity contribution is -0.383. The molecule has 3 aromatic rings. The number of nitrogens with zero attached hydrogens (tertiary/aromatic N) is 4. The minimum absolute atomic E-state index is 0.147. The highest BCUT2D eigenvalue weighted by atomic mass is 16.6. The average molecular weight is 284 g/mol. The van der Waals surface area contributed by atoms with Crippen LogP contribution in [0.25, 0.3) is 10.9 Å². The Bertz CT molecular complexity index is 788. The fourth-order valence-electron chi connectivity index (χ4n) is 2.60. The Morgan fingerprint density at radius 2 is 2.14 bits per heavy atom. The van der Waals surface area contributed by atoms with Crippen LogP contribution < -0.4 is 0 Å². The summed E-state index contributed by atoms with van der Waals surface area (Å²) in [6.45, 7) is 3.71. The number of hydrogen-bond donors (Lipinski definition) is 0. The van der Waals surface area contributed by atoms with Crippen molar-refractivity contribution in [2.75, 3.05) is 0 Å². The van der Waals surface area contributed by atoms with Crippen molar-refractivity contribution in [3.8, 4) is 0 Å². The molecule has 108 valence electrons. The zero-order valence-corrected chi connectivity index (χ0v) is 11.8. The van der Waals surface area contributed by atoms with E-state index in [0.717, 1.165) is 24.2 Å². The molecule has 3 rings (SSSR count). The molecule has 0 amide bonds. The Balaban J connectivity index is 2.00. The van der Waals surface area contributed by atoms with Gasteiger partial charge in [0.1, 0.15) is 0 Å². The highest BCUT2D eigenvalue weighted by Crippen LogP contribution is 2.26. The van der Waals surface area contributed by atoms with Crippen LogP contribution in [0, 0.1) is 10.1 Å². The predicted octanol–water partition coefficient (Wildman–Crippen LogP) is 3.20. The number of benzene rings is 1. The Hall–Kier alpha value is -2.63. The maximum atomic E-state index is 11.1. The van der Waals surface area contributed by atoms with E-state index in [9.17, 15) is 10.1 Å². The number of aromatic nitrogens is 3. The first-order valence-corrected chi connectivity index (χ1v) is 6.92. The maximum absolute atomic E-state index is 11.1. The largest absolute Gasteiger partial charge is 0.341 e. The van der Waals surface area contributed by atoms with Gasteiger partial charge in [0.15, 0.2) is 0 Å². The number of nitro groups is 1. The van der Waals surface area contributed by atoms with Gasteiger partial charge in [-0.3, -0.25) is 10.1 Å². The van der Waals surface area contributed by atoms with Crippen molar-refractivity contribution in [1.29, 1.82) is 0 Å². The summed E-state index contributed by atoms with van der Waals surface area (Å²) in [6.07, 6.45) is 6.61. The smallest absolute Gasteiger partial charge is 0.278 e. The molecule has 0 N–H and O–H groups in total. The number of hydrogen-bond acceptors (Lipinski definition) is 3. The van der Waals surface area contributed by atoms with Crippen molar-refractivity contribution >= 4 is 16.6 Å². The molecule has 2 heterocycles. The molecule has 0 spiro atoms. The van der Waals surface area contributed by atoms with Gasteiger partial charge in [0.25, 0.3) is 5.69 Å². The molecule has 1 aromatic carbocycles. The molecular formula is C15H16N4O2. The van der Waals surface area contributed by atoms with Crippen molar-refractivity contribution < 1.29 is 4.92 Å². The van der Waals surface area contributed by atoms with Gasteiger partial charge in [-0.1, -0.05) is 13.0 Å². The summed E-state index contributed by atoms with van der Waals surface area (Å²) >= 11 is 0. The highest BCUT2D eigenvalue weighted by Gasteiger charge is 2.14. The molecule has 0 fully saturated rings. The molecule has 0 saturated heterocycles. The van der Waals surface area contributed by atoms with E-state index in [-0.39, 0.29) is 10.6 Å². The van der Waals surface area contributed by atoms with Crippen LogP contribution in [0.5, 0.6) is 0 Å². The van der Waals surface area contributed by atoms with Gasteiger partial charge in [-0.15, -0.1) is 0 Å². The second kappa shape index (κ2) is 5.40. The van der Waals surface area contributed by atoms with Crippen molar-refractivity contribution in [2.24, 2.45) is 0 Å². The van der Waals surface area contributed by atoms with Crippen LogP contribution in [0.4, 0.5) is 5.69 Å². The third-order valence-corrected chi connectivity index (χ3v) is 3.58. The summed E-state index contributed by atoms with van der Waals surface area (Å²) in [5, 5.41) is 11.7. The van der Waals surface area contributed by atoms with Crippen molar-refractivity contribution in [3.63, 3.8) is 0 Å². The minimum atomic E-state index is -0.339. The second-order valence-corrected chi connectivity index (χ2v) is 4.99. The van der Waals surface area contributed by atoms with Gasteiger partial charge in [0.2, 0.25) is 0 Å². The van der Waals surface area contributed by atoms with Crippen molar-refractivity contribution in [3.05, 3.63) is 58.8 Å². The van der Waals surface area contributed by atoms with Gasteiger partial charge in [-0.2, -0.15) is 0 Å². The lowest BCUT2D eigenvalue weighted by atomic mass is 10.2. The molecule has 6 heteroatoms. The zero-order valence-electron chi connectivity index (χ0n) is 11.8. The lowest BCUT2D eigenvalue weighted by Crippen LogP contribution is -2.06. The zero-order chi connectivity index (χ0) is 14.8. The first-order valence-electron chi connectivity index (χ1n) is 6.92. The Labute approximate surface area is 121 Å². The quantitative estimate of drug-likeness (QED) is 0.533. The van der Waals surface area contributed by atoms with Crippen molar-refractivity contribution in [1.82, 2.24) is 14.1 Å². The third-order valence-electron chi connectivity index (χ3n) is 3.58. The molecule has 6 nitrogen and oxygen atoms in total. The van der Waals surface area contributed by atoms with Crippen LogP contribution in [-0.2, 0) is 13.1 Å². The maximum Gasteiger partial charge on any atom is 0.278 e. The topological polar surface area (TPSA) is 65.9 Å². The normalized spacial score (nSPS) is 11.1. The molecule has 0 aliphatic carbocycles. The van der Waals surface area contributed by atoms with Crippen LogP contribution in [0.1, 0.15) is 19.0 Å². The van der Waals surface area contributed by atoms with Crippen LogP contribution >= 0.6 is 0 Å². The van der Waals surface area contributed by atoms with Gasteiger partial charge >= 0.3 is 0 Å². The van der Waals surface area contributed by atoms with E-state index in [0.29, 0.717) is 11.9 Å². The van der Waals surface area contributed by atoms with Crippen LogP contribution in [0.3, 0.4) is 0 Å². The summed E-state index contributed by atoms with van der Waals surface area (Å²) < 4.78 is 4.13. The summed E-state index contributed by atoms with van der Waals surface area (Å²) in [4.78, 5) is 14.9. The van der Waals surface area contributed by atoms with E-state index < -0.39 is 0 Å². The molecule has 0 aliphatic rings. The van der Waals surface area contributed by atoms with E-state index in [2.05, 4.69) is 16.5 Å². The monoisotopic (exact) mass is 284 g/mol. The van der Waals surface area contributed by atoms with E-state index in [1.54, 1.807) is 12.1 Å². The molecule has 0 radical (unpaired) electrons. The van der Waals surface area contributed by atoms with Crippen molar-refractivity contribution in [2.45, 2.75) is 26.4 Å². The molecule has 0 atom stereocenters. The fraction of sp³-hybridized carbons (Fsp3) is 0.267. The number of non-ortho nitro benzene ring substituents is 1. The molecule has 0 saturated carbocycles. The first-order chi connectivity index (χ1) is 10.2. The van der Waals surface area contributed by atoms with E-state index in [1.807, 2.05) is 29.4 Å². The summed E-state index contributed by atoms with van der Waals surface area (Å²) in [7, 11) is 0. The average Bonchev–Trinajstić information content (AvgIpc) is 3.07. The predicted molar refractivity (Wildman–Crippen MR) is 80.2 cm³/mol. The summed E-state index contributed by atoms with van der Waals surface area (Å²) in [6, 6.07) is 6.96. The van der Waals surface area contributed by atoms with Crippen LogP contribution in [0.2, 0.25) is 0 Å². The van der Waals surface area contributed by atoms with Gasteiger partial charge in [0, 0.05) is 25.0 Å². The van der Waals surface area contributed by atoms with E-state index in [1.165, 1.54) is 6.07 Å². The number of rotatable bonds is 5. The second-order valence-electron chi connectivity index (χ2n) is 4.99. The van der Waals surface area contributed by atoms with Gasteiger partial charge in [-0.05, 0) is 18.6 Å². The van der Waals surface area contributed by atoms with Gasteiger partial charge < -0.3 is 9.13 Å². The number of fused-ring (bicyclic) bond motifs is 1.